The third-order valence-corrected chi connectivity index (χ3v) is 3.64. The van der Waals surface area contributed by atoms with E-state index in [0.29, 0.717) is 0 Å². The van der Waals surface area contributed by atoms with Crippen molar-refractivity contribution in [3.63, 3.8) is 0 Å². The van der Waals surface area contributed by atoms with E-state index < -0.39 is 0 Å². The molecule has 2 rings (SSSR count). The molecule has 0 aliphatic carbocycles. The predicted molar refractivity (Wildman–Crippen MR) is 74.2 cm³/mol. The van der Waals surface area contributed by atoms with Gasteiger partial charge >= 0.3 is 0 Å². The minimum absolute atomic E-state index is 0.101. The number of anilines is 1. The molecular formula is C14H21N3O. The Kier molecular flexibility index (Phi) is 3.57. The van der Waals surface area contributed by atoms with Crippen LogP contribution in [0.5, 0.6) is 0 Å². The van der Waals surface area contributed by atoms with Crippen LogP contribution >= 0.6 is 0 Å². The van der Waals surface area contributed by atoms with Crippen molar-refractivity contribution < 1.29 is 5.11 Å². The van der Waals surface area contributed by atoms with Crippen molar-refractivity contribution in [1.82, 2.24) is 0 Å². The van der Waals surface area contributed by atoms with Gasteiger partial charge in [-0.1, -0.05) is 13.0 Å². The van der Waals surface area contributed by atoms with Gasteiger partial charge in [0, 0.05) is 24.3 Å². The summed E-state index contributed by atoms with van der Waals surface area (Å²) in [5.74, 6) is 0.350. The van der Waals surface area contributed by atoms with Crippen molar-refractivity contribution in [2.24, 2.45) is 11.7 Å². The third kappa shape index (κ3) is 2.48. The van der Waals surface area contributed by atoms with Crippen LogP contribution in [-0.4, -0.2) is 30.1 Å². The molecule has 2 unspecified atom stereocenters. The number of aliphatic hydroxyl groups is 1. The molecule has 1 aliphatic heterocycles. The molecule has 0 spiro atoms. The molecular weight excluding hydrogens is 226 g/mol. The van der Waals surface area contributed by atoms with Crippen LogP contribution in [0.2, 0.25) is 0 Å². The quantitative estimate of drug-likeness (QED) is 0.547. The SMILES string of the molecule is Cc1ccc(C(=N)N)c(N2CCC(O)C(C)C2)c1. The van der Waals surface area contributed by atoms with Crippen molar-refractivity contribution in [2.45, 2.75) is 26.4 Å². The number of nitrogen functional groups attached to an aromatic ring is 1. The first-order valence-corrected chi connectivity index (χ1v) is 6.37. The number of hydrogen-bond acceptors (Lipinski definition) is 3. The summed E-state index contributed by atoms with van der Waals surface area (Å²) < 4.78 is 0. The number of nitrogens with two attached hydrogens (primary N) is 1. The summed E-state index contributed by atoms with van der Waals surface area (Å²) in [6, 6.07) is 5.95. The minimum atomic E-state index is -0.216. The van der Waals surface area contributed by atoms with Crippen molar-refractivity contribution in [3.05, 3.63) is 29.3 Å². The molecule has 1 fully saturated rings. The Labute approximate surface area is 108 Å². The van der Waals surface area contributed by atoms with Gasteiger partial charge in [-0.2, -0.15) is 0 Å². The van der Waals surface area contributed by atoms with E-state index in [2.05, 4.69) is 17.9 Å². The third-order valence-electron chi connectivity index (χ3n) is 3.64. The molecule has 4 nitrogen and oxygen atoms in total. The molecule has 98 valence electrons. The number of aliphatic hydroxyl groups excluding tert-OH is 1. The van der Waals surface area contributed by atoms with Crippen LogP contribution in [0.3, 0.4) is 0 Å². The summed E-state index contributed by atoms with van der Waals surface area (Å²) in [7, 11) is 0. The van der Waals surface area contributed by atoms with Crippen LogP contribution in [0, 0.1) is 18.3 Å². The summed E-state index contributed by atoms with van der Waals surface area (Å²) >= 11 is 0. The zero-order valence-corrected chi connectivity index (χ0v) is 11.0. The lowest BCUT2D eigenvalue weighted by molar-refractivity contribution is 0.0971. The summed E-state index contributed by atoms with van der Waals surface area (Å²) in [6.07, 6.45) is 0.554. The van der Waals surface area contributed by atoms with E-state index in [-0.39, 0.29) is 17.9 Å². The van der Waals surface area contributed by atoms with Crippen LogP contribution in [0.25, 0.3) is 0 Å². The Morgan fingerprint density at radius 2 is 2.22 bits per heavy atom. The molecule has 2 atom stereocenters. The normalized spacial score (nSPS) is 24.1. The van der Waals surface area contributed by atoms with Gasteiger partial charge in [-0.15, -0.1) is 0 Å². The van der Waals surface area contributed by atoms with Crippen molar-refractivity contribution in [2.75, 3.05) is 18.0 Å². The number of nitrogens with zero attached hydrogens (tertiary/aromatic N) is 1. The van der Waals surface area contributed by atoms with E-state index in [0.717, 1.165) is 36.3 Å². The van der Waals surface area contributed by atoms with Crippen LogP contribution in [-0.2, 0) is 0 Å². The Balaban J connectivity index is 2.32. The maximum Gasteiger partial charge on any atom is 0.124 e. The van der Waals surface area contributed by atoms with E-state index >= 15 is 0 Å². The highest BCUT2D eigenvalue weighted by Gasteiger charge is 2.25. The van der Waals surface area contributed by atoms with Gasteiger partial charge in [-0.25, -0.2) is 0 Å². The zero-order chi connectivity index (χ0) is 13.3. The van der Waals surface area contributed by atoms with Crippen LogP contribution in [0.1, 0.15) is 24.5 Å². The van der Waals surface area contributed by atoms with Crippen molar-refractivity contribution in [3.8, 4) is 0 Å². The number of amidine groups is 1. The van der Waals surface area contributed by atoms with Gasteiger partial charge in [0.25, 0.3) is 0 Å². The lowest BCUT2D eigenvalue weighted by Crippen LogP contribution is -2.42. The molecule has 0 amide bonds. The molecule has 1 aromatic rings. The molecule has 1 aliphatic rings. The second-order valence-electron chi connectivity index (χ2n) is 5.21. The monoisotopic (exact) mass is 247 g/mol. The highest BCUT2D eigenvalue weighted by atomic mass is 16.3. The van der Waals surface area contributed by atoms with Gasteiger partial charge < -0.3 is 15.7 Å². The molecule has 1 heterocycles. The highest BCUT2D eigenvalue weighted by Crippen LogP contribution is 2.27. The Bertz CT molecular complexity index is 458. The van der Waals surface area contributed by atoms with E-state index in [9.17, 15) is 5.11 Å². The molecule has 1 aromatic carbocycles. The predicted octanol–water partition coefficient (Wildman–Crippen LogP) is 1.49. The maximum absolute atomic E-state index is 9.78. The van der Waals surface area contributed by atoms with Crippen LogP contribution in [0.4, 0.5) is 5.69 Å². The van der Waals surface area contributed by atoms with Gasteiger partial charge in [0.1, 0.15) is 5.84 Å². The van der Waals surface area contributed by atoms with Crippen LogP contribution < -0.4 is 10.6 Å². The number of piperidine rings is 1. The summed E-state index contributed by atoms with van der Waals surface area (Å²) in [6.45, 7) is 5.72. The molecule has 0 aromatic heterocycles. The number of nitrogens with one attached hydrogen (secondary N) is 1. The lowest BCUT2D eigenvalue weighted by atomic mass is 9.95. The molecule has 0 saturated carbocycles. The largest absolute Gasteiger partial charge is 0.393 e. The van der Waals surface area contributed by atoms with Gasteiger partial charge in [0.2, 0.25) is 0 Å². The highest BCUT2D eigenvalue weighted by molar-refractivity contribution is 6.00. The summed E-state index contributed by atoms with van der Waals surface area (Å²) in [5.41, 5.74) is 8.60. The fourth-order valence-electron chi connectivity index (χ4n) is 2.48. The Morgan fingerprint density at radius 3 is 2.83 bits per heavy atom. The number of hydrogen-bond donors (Lipinski definition) is 3. The van der Waals surface area contributed by atoms with E-state index in [1.165, 1.54) is 0 Å². The van der Waals surface area contributed by atoms with Crippen molar-refractivity contribution in [1.29, 1.82) is 5.41 Å². The first kappa shape index (κ1) is 12.9. The lowest BCUT2D eigenvalue weighted by Gasteiger charge is -2.37. The van der Waals surface area contributed by atoms with Gasteiger partial charge in [-0.05, 0) is 37.0 Å². The van der Waals surface area contributed by atoms with Gasteiger partial charge in [0.15, 0.2) is 0 Å². The first-order chi connectivity index (χ1) is 8.49. The van der Waals surface area contributed by atoms with E-state index in [1.54, 1.807) is 0 Å². The average molecular weight is 247 g/mol. The smallest absolute Gasteiger partial charge is 0.124 e. The second kappa shape index (κ2) is 4.98. The topological polar surface area (TPSA) is 73.3 Å². The molecule has 18 heavy (non-hydrogen) atoms. The summed E-state index contributed by atoms with van der Waals surface area (Å²) in [4.78, 5) is 2.22. The number of aryl methyl sites for hydroxylation is 1. The van der Waals surface area contributed by atoms with E-state index in [4.69, 9.17) is 11.1 Å². The minimum Gasteiger partial charge on any atom is -0.393 e. The first-order valence-electron chi connectivity index (χ1n) is 6.37. The maximum atomic E-state index is 9.78. The molecule has 0 bridgehead atoms. The molecule has 4 heteroatoms. The number of benzene rings is 1. The summed E-state index contributed by atoms with van der Waals surface area (Å²) in [5, 5.41) is 17.4. The van der Waals surface area contributed by atoms with Crippen molar-refractivity contribution >= 4 is 11.5 Å². The zero-order valence-electron chi connectivity index (χ0n) is 11.0. The van der Waals surface area contributed by atoms with E-state index in [1.807, 2.05) is 19.1 Å². The molecule has 0 radical (unpaired) electrons. The second-order valence-corrected chi connectivity index (χ2v) is 5.21. The molecule has 4 N–H and O–H groups in total. The average Bonchev–Trinajstić information content (AvgIpc) is 2.32. The Morgan fingerprint density at radius 1 is 1.50 bits per heavy atom. The fourth-order valence-corrected chi connectivity index (χ4v) is 2.48. The fraction of sp³-hybridized carbons (Fsp3) is 0.500. The number of rotatable bonds is 2. The van der Waals surface area contributed by atoms with Gasteiger partial charge in [-0.3, -0.25) is 5.41 Å². The van der Waals surface area contributed by atoms with Crippen LogP contribution in [0.15, 0.2) is 18.2 Å². The standard InChI is InChI=1S/C14H21N3O/c1-9-3-4-11(14(15)16)12(7-9)17-6-5-13(18)10(2)8-17/h3-4,7,10,13,18H,5-6,8H2,1-2H3,(H3,15,16). The van der Waals surface area contributed by atoms with Gasteiger partial charge in [0.05, 0.1) is 6.10 Å². The Hall–Kier alpha value is -1.55. The molecule has 1 saturated heterocycles.